The Labute approximate surface area is 199 Å². The summed E-state index contributed by atoms with van der Waals surface area (Å²) in [5.41, 5.74) is 0.819. The Morgan fingerprint density at radius 3 is 2.00 bits per heavy atom. The fourth-order valence-electron chi connectivity index (χ4n) is 3.19. The van der Waals surface area contributed by atoms with Gasteiger partial charge in [-0.3, -0.25) is 9.59 Å². The average molecular weight is 482 g/mol. The molecule has 3 aromatic carbocycles. The van der Waals surface area contributed by atoms with Gasteiger partial charge in [-0.15, -0.1) is 0 Å². The molecule has 0 saturated heterocycles. The number of hydrogen-bond donors (Lipinski definition) is 2. The smallest absolute Gasteiger partial charge is 0.251 e. The minimum Gasteiger partial charge on any atom is -0.457 e. The number of para-hydroxylation sites is 1. The van der Waals surface area contributed by atoms with Crippen LogP contribution in [0.2, 0.25) is 0 Å². The van der Waals surface area contributed by atoms with E-state index in [0.717, 1.165) is 0 Å². The summed E-state index contributed by atoms with van der Waals surface area (Å²) in [6.07, 6.45) is 0. The molecule has 0 heterocycles. The van der Waals surface area contributed by atoms with Crippen molar-refractivity contribution in [3.63, 3.8) is 0 Å². The van der Waals surface area contributed by atoms with Crippen LogP contribution in [-0.4, -0.2) is 44.2 Å². The van der Waals surface area contributed by atoms with E-state index >= 15 is 0 Å². The Morgan fingerprint density at radius 2 is 1.41 bits per heavy atom. The predicted molar refractivity (Wildman–Crippen MR) is 130 cm³/mol. The number of ether oxygens (including phenoxy) is 1. The summed E-state index contributed by atoms with van der Waals surface area (Å²) >= 11 is 0. The highest BCUT2D eigenvalue weighted by molar-refractivity contribution is 7.89. The number of rotatable bonds is 10. The van der Waals surface area contributed by atoms with Gasteiger partial charge in [0.1, 0.15) is 11.5 Å². The first-order valence-electron chi connectivity index (χ1n) is 10.8. The lowest BCUT2D eigenvalue weighted by Gasteiger charge is -2.18. The van der Waals surface area contributed by atoms with Crippen molar-refractivity contribution in [3.05, 3.63) is 84.4 Å². The Hall–Kier alpha value is -3.69. The van der Waals surface area contributed by atoms with Gasteiger partial charge < -0.3 is 15.4 Å². The molecule has 8 nitrogen and oxygen atoms in total. The number of hydrogen-bond acceptors (Lipinski definition) is 5. The maximum Gasteiger partial charge on any atom is 0.251 e. The zero-order valence-electron chi connectivity index (χ0n) is 19.0. The van der Waals surface area contributed by atoms with Crippen LogP contribution >= 0.6 is 0 Å². The summed E-state index contributed by atoms with van der Waals surface area (Å²) in [6.45, 7) is 4.01. The standard InChI is InChI=1S/C25H27N3O5S/c1-3-28(4-2)34(31,32)23-16-10-19(11-17-23)25(30)26-18-24(29)27-20-12-14-22(15-13-20)33-21-8-6-5-7-9-21/h5-17H,3-4,18H2,1-2H3,(H,26,30)(H,27,29). The molecule has 2 N–H and O–H groups in total. The van der Waals surface area contributed by atoms with Crippen molar-refractivity contribution < 1.29 is 22.7 Å². The number of nitrogens with zero attached hydrogens (tertiary/aromatic N) is 1. The zero-order chi connectivity index (χ0) is 24.6. The van der Waals surface area contributed by atoms with Gasteiger partial charge in [-0.25, -0.2) is 8.42 Å². The molecule has 0 radical (unpaired) electrons. The molecule has 0 aromatic heterocycles. The SMILES string of the molecule is CCN(CC)S(=O)(=O)c1ccc(C(=O)NCC(=O)Nc2ccc(Oc3ccccc3)cc2)cc1. The van der Waals surface area contributed by atoms with Crippen LogP contribution in [0.1, 0.15) is 24.2 Å². The van der Waals surface area contributed by atoms with Crippen LogP contribution in [0.5, 0.6) is 11.5 Å². The summed E-state index contributed by atoms with van der Waals surface area (Å²) in [4.78, 5) is 24.7. The summed E-state index contributed by atoms with van der Waals surface area (Å²) < 4.78 is 32.1. The van der Waals surface area contributed by atoms with Gasteiger partial charge in [-0.2, -0.15) is 4.31 Å². The summed E-state index contributed by atoms with van der Waals surface area (Å²) in [5.74, 6) is 0.462. The molecule has 0 aliphatic carbocycles. The molecule has 0 fully saturated rings. The van der Waals surface area contributed by atoms with Crippen molar-refractivity contribution in [3.8, 4) is 11.5 Å². The maximum absolute atomic E-state index is 12.5. The topological polar surface area (TPSA) is 105 Å². The second-order valence-corrected chi connectivity index (χ2v) is 9.22. The Morgan fingerprint density at radius 1 is 0.824 bits per heavy atom. The lowest BCUT2D eigenvalue weighted by atomic mass is 10.2. The van der Waals surface area contributed by atoms with Gasteiger partial charge in [-0.05, 0) is 60.7 Å². The van der Waals surface area contributed by atoms with Crippen LogP contribution < -0.4 is 15.4 Å². The van der Waals surface area contributed by atoms with Crippen LogP contribution in [0.3, 0.4) is 0 Å². The first-order chi connectivity index (χ1) is 16.3. The highest BCUT2D eigenvalue weighted by Gasteiger charge is 2.21. The van der Waals surface area contributed by atoms with E-state index < -0.39 is 21.8 Å². The molecular formula is C25H27N3O5S. The van der Waals surface area contributed by atoms with E-state index in [2.05, 4.69) is 10.6 Å². The highest BCUT2D eigenvalue weighted by Crippen LogP contribution is 2.22. The fraction of sp³-hybridized carbons (Fsp3) is 0.200. The average Bonchev–Trinajstić information content (AvgIpc) is 2.85. The van der Waals surface area contributed by atoms with Crippen molar-refractivity contribution in [1.82, 2.24) is 9.62 Å². The second kappa shape index (κ2) is 11.4. The van der Waals surface area contributed by atoms with Crippen molar-refractivity contribution in [2.45, 2.75) is 18.7 Å². The number of benzene rings is 3. The van der Waals surface area contributed by atoms with Crippen molar-refractivity contribution in [2.24, 2.45) is 0 Å². The van der Waals surface area contributed by atoms with Gasteiger partial charge in [0.2, 0.25) is 15.9 Å². The molecule has 0 spiro atoms. The second-order valence-electron chi connectivity index (χ2n) is 7.28. The molecule has 3 rings (SSSR count). The fourth-order valence-corrected chi connectivity index (χ4v) is 4.65. The van der Waals surface area contributed by atoms with E-state index in [-0.39, 0.29) is 17.0 Å². The minimum absolute atomic E-state index is 0.116. The molecule has 178 valence electrons. The monoisotopic (exact) mass is 481 g/mol. The Balaban J connectivity index is 1.51. The van der Waals surface area contributed by atoms with Gasteiger partial charge in [0.05, 0.1) is 11.4 Å². The number of nitrogens with one attached hydrogen (secondary N) is 2. The largest absolute Gasteiger partial charge is 0.457 e. The van der Waals surface area contributed by atoms with Gasteiger partial charge >= 0.3 is 0 Å². The lowest BCUT2D eigenvalue weighted by molar-refractivity contribution is -0.115. The molecule has 0 aliphatic heterocycles. The van der Waals surface area contributed by atoms with Crippen molar-refractivity contribution in [1.29, 1.82) is 0 Å². The maximum atomic E-state index is 12.5. The number of amides is 2. The first-order valence-corrected chi connectivity index (χ1v) is 12.3. The molecule has 0 unspecified atom stereocenters. The molecular weight excluding hydrogens is 454 g/mol. The van der Waals surface area contributed by atoms with Crippen LogP contribution in [0, 0.1) is 0 Å². The first kappa shape index (κ1) is 24.9. The molecule has 0 atom stereocenters. The zero-order valence-corrected chi connectivity index (χ0v) is 19.8. The van der Waals surface area contributed by atoms with Crippen LogP contribution in [0.4, 0.5) is 5.69 Å². The normalized spacial score (nSPS) is 11.1. The van der Waals surface area contributed by atoms with Gasteiger partial charge in [0, 0.05) is 24.3 Å². The van der Waals surface area contributed by atoms with E-state index in [1.54, 1.807) is 38.1 Å². The van der Waals surface area contributed by atoms with Crippen molar-refractivity contribution in [2.75, 3.05) is 25.0 Å². The lowest BCUT2D eigenvalue weighted by Crippen LogP contribution is -2.33. The number of carbonyl (C=O) groups is 2. The van der Waals surface area contributed by atoms with Gasteiger partial charge in [0.25, 0.3) is 5.91 Å². The third-order valence-corrected chi connectivity index (χ3v) is 7.05. The van der Waals surface area contributed by atoms with Crippen LogP contribution in [0.25, 0.3) is 0 Å². The third kappa shape index (κ3) is 6.43. The number of sulfonamides is 1. The van der Waals surface area contributed by atoms with E-state index in [0.29, 0.717) is 30.3 Å². The molecule has 0 saturated carbocycles. The minimum atomic E-state index is -3.60. The summed E-state index contributed by atoms with van der Waals surface area (Å²) in [6, 6.07) is 21.8. The predicted octanol–water partition coefficient (Wildman–Crippen LogP) is 3.88. The molecule has 34 heavy (non-hydrogen) atoms. The molecule has 0 bridgehead atoms. The van der Waals surface area contributed by atoms with E-state index in [9.17, 15) is 18.0 Å². The van der Waals surface area contributed by atoms with Gasteiger partial charge in [-0.1, -0.05) is 32.0 Å². The quantitative estimate of drug-likeness (QED) is 0.457. The molecule has 2 amide bonds. The summed E-state index contributed by atoms with van der Waals surface area (Å²) in [7, 11) is -3.60. The van der Waals surface area contributed by atoms with Crippen LogP contribution in [0.15, 0.2) is 83.8 Å². The van der Waals surface area contributed by atoms with Crippen LogP contribution in [-0.2, 0) is 14.8 Å². The third-order valence-electron chi connectivity index (χ3n) is 4.99. The highest BCUT2D eigenvalue weighted by atomic mass is 32.2. The van der Waals surface area contributed by atoms with E-state index in [4.69, 9.17) is 4.74 Å². The molecule has 0 aliphatic rings. The van der Waals surface area contributed by atoms with Gasteiger partial charge in [0.15, 0.2) is 0 Å². The summed E-state index contributed by atoms with van der Waals surface area (Å²) in [5, 5.41) is 5.23. The number of anilines is 1. The van der Waals surface area contributed by atoms with E-state index in [1.807, 2.05) is 30.3 Å². The molecule has 3 aromatic rings. The van der Waals surface area contributed by atoms with E-state index in [1.165, 1.54) is 28.6 Å². The molecule has 9 heteroatoms. The van der Waals surface area contributed by atoms with Crippen molar-refractivity contribution >= 4 is 27.5 Å². The Bertz CT molecular complexity index is 1210. The number of carbonyl (C=O) groups excluding carboxylic acids is 2. The Kier molecular flexibility index (Phi) is 8.39.